The summed E-state index contributed by atoms with van der Waals surface area (Å²) >= 11 is 0. The van der Waals surface area contributed by atoms with Gasteiger partial charge in [-0.25, -0.2) is 8.78 Å². The minimum Gasteiger partial charge on any atom is -0.481 e. The molecule has 0 heterocycles. The molecular formula is C26H36F12O7. The van der Waals surface area contributed by atoms with Crippen molar-refractivity contribution in [3.8, 4) is 0 Å². The van der Waals surface area contributed by atoms with Gasteiger partial charge in [-0.1, -0.05) is 27.7 Å². The third kappa shape index (κ3) is 9.08. The predicted molar refractivity (Wildman–Crippen MR) is 131 cm³/mol. The van der Waals surface area contributed by atoms with Crippen LogP contribution in [0.4, 0.5) is 52.7 Å². The first kappa shape index (κ1) is 42.5. The summed E-state index contributed by atoms with van der Waals surface area (Å²) in [7, 11) is 0. The zero-order valence-corrected chi connectivity index (χ0v) is 25.1. The lowest BCUT2D eigenvalue weighted by Crippen LogP contribution is -2.69. The molecule has 0 aliphatic rings. The molecule has 0 aromatic rings. The van der Waals surface area contributed by atoms with Gasteiger partial charge in [-0.3, -0.25) is 14.4 Å². The highest BCUT2D eigenvalue weighted by Gasteiger charge is 2.88. The molecule has 19 heteroatoms. The van der Waals surface area contributed by atoms with E-state index in [4.69, 9.17) is 9.84 Å². The molecule has 3 unspecified atom stereocenters. The number of hydrogen-bond acceptors (Lipinski definition) is 6. The van der Waals surface area contributed by atoms with Gasteiger partial charge >= 0.3 is 53.9 Å². The van der Waals surface area contributed by atoms with E-state index in [9.17, 15) is 72.2 Å². The molecule has 266 valence electrons. The molecule has 0 saturated heterocycles. The first-order chi connectivity index (χ1) is 19.8. The average Bonchev–Trinajstić information content (AvgIpc) is 2.87. The fraction of sp³-hybridized carbons (Fsp3) is 0.885. The van der Waals surface area contributed by atoms with Crippen LogP contribution in [-0.2, 0) is 23.9 Å². The van der Waals surface area contributed by atoms with Gasteiger partial charge in [-0.05, 0) is 44.9 Å². The Hall–Kier alpha value is -2.47. The van der Waals surface area contributed by atoms with E-state index in [1.54, 1.807) is 0 Å². The molecule has 0 rings (SSSR count). The molecule has 0 radical (unpaired) electrons. The molecule has 0 amide bonds. The van der Waals surface area contributed by atoms with Crippen LogP contribution in [0.3, 0.4) is 0 Å². The molecule has 0 bridgehead atoms. The van der Waals surface area contributed by atoms with Gasteiger partial charge in [-0.15, -0.1) is 0 Å². The Balaban J connectivity index is 6.47. The number of aliphatic hydroxyl groups is 1. The van der Waals surface area contributed by atoms with Crippen LogP contribution in [0.2, 0.25) is 0 Å². The molecule has 0 aliphatic carbocycles. The molecule has 3 atom stereocenters. The van der Waals surface area contributed by atoms with Crippen molar-refractivity contribution in [3.05, 3.63) is 0 Å². The van der Waals surface area contributed by atoms with E-state index >= 15 is 0 Å². The Kier molecular flexibility index (Phi) is 13.3. The Labute approximate surface area is 250 Å². The molecular weight excluding hydrogens is 652 g/mol. The molecule has 0 spiro atoms. The van der Waals surface area contributed by atoms with Crippen molar-refractivity contribution < 1.29 is 86.8 Å². The lowest BCUT2D eigenvalue weighted by atomic mass is 9.67. The summed E-state index contributed by atoms with van der Waals surface area (Å²) in [5, 5.41) is 18.7. The molecule has 0 fully saturated rings. The number of ether oxygens (including phenoxy) is 2. The van der Waals surface area contributed by atoms with Gasteiger partial charge in [0.05, 0.1) is 23.4 Å². The smallest absolute Gasteiger partial charge is 0.384 e. The van der Waals surface area contributed by atoms with Crippen molar-refractivity contribution in [2.75, 3.05) is 19.8 Å². The maximum atomic E-state index is 14.3. The summed E-state index contributed by atoms with van der Waals surface area (Å²) in [6.07, 6.45) is -7.60. The first-order valence-corrected chi connectivity index (χ1v) is 13.2. The third-order valence-electron chi connectivity index (χ3n) is 7.08. The summed E-state index contributed by atoms with van der Waals surface area (Å²) < 4.78 is 171. The van der Waals surface area contributed by atoms with Crippen molar-refractivity contribution in [1.29, 1.82) is 0 Å². The summed E-state index contributed by atoms with van der Waals surface area (Å²) in [4.78, 5) is 37.7. The fourth-order valence-corrected chi connectivity index (χ4v) is 4.61. The number of rotatable bonds is 18. The second-order valence-electron chi connectivity index (χ2n) is 12.4. The van der Waals surface area contributed by atoms with Crippen molar-refractivity contribution in [3.63, 3.8) is 0 Å². The van der Waals surface area contributed by atoms with E-state index in [0.717, 1.165) is 6.92 Å². The van der Waals surface area contributed by atoms with Gasteiger partial charge in [0.15, 0.2) is 6.61 Å². The second kappa shape index (κ2) is 14.1. The Bertz CT molecular complexity index is 1050. The van der Waals surface area contributed by atoms with E-state index in [1.807, 2.05) is 0 Å². The van der Waals surface area contributed by atoms with E-state index in [-0.39, 0.29) is 6.42 Å². The number of carbonyl (C=O) groups is 3. The molecule has 0 aliphatic heterocycles. The Morgan fingerprint density at radius 2 is 1.16 bits per heavy atom. The number of esters is 2. The highest BCUT2D eigenvalue weighted by molar-refractivity contribution is 5.80. The van der Waals surface area contributed by atoms with Crippen LogP contribution in [0, 0.1) is 22.2 Å². The number of hydrogen-bond donors (Lipinski definition) is 2. The number of aliphatic hydroxyl groups excluding tert-OH is 1. The monoisotopic (exact) mass is 688 g/mol. The van der Waals surface area contributed by atoms with Crippen LogP contribution in [0.5, 0.6) is 0 Å². The number of aliphatic carboxylic acids is 1. The van der Waals surface area contributed by atoms with Crippen LogP contribution in [-0.4, -0.2) is 84.0 Å². The van der Waals surface area contributed by atoms with E-state index < -0.39 is 115 Å². The standard InChI is InChI=1S/C26H36F12O7/c1-7-20(5,17(42)44-9-8-39)10-14(15(40)41)11-21(6,12-19(2,3)4)18(43)45-13-22(29,30)24(33,34)26(37,38)25(35,36)23(31,32)16(27)28/h14,16,39H,7-13H2,1-6H3,(H,40,41). The van der Waals surface area contributed by atoms with Crippen molar-refractivity contribution in [2.24, 2.45) is 22.2 Å². The van der Waals surface area contributed by atoms with Gasteiger partial charge in [-0.2, -0.15) is 43.9 Å². The fourth-order valence-electron chi connectivity index (χ4n) is 4.61. The molecule has 45 heavy (non-hydrogen) atoms. The molecule has 2 N–H and O–H groups in total. The number of carbonyl (C=O) groups excluding carboxylic acids is 2. The third-order valence-corrected chi connectivity index (χ3v) is 7.08. The van der Waals surface area contributed by atoms with Crippen LogP contribution in [0.25, 0.3) is 0 Å². The lowest BCUT2D eigenvalue weighted by molar-refractivity contribution is -0.414. The maximum Gasteiger partial charge on any atom is 0.384 e. The van der Waals surface area contributed by atoms with Crippen LogP contribution in [0.15, 0.2) is 0 Å². The number of carboxylic acid groups (broad SMARTS) is 1. The van der Waals surface area contributed by atoms with Crippen molar-refractivity contribution in [2.45, 2.75) is 103 Å². The lowest BCUT2D eigenvalue weighted by Gasteiger charge is -2.40. The maximum absolute atomic E-state index is 14.3. The number of carboxylic acids is 1. The summed E-state index contributed by atoms with van der Waals surface area (Å²) in [6.45, 7) is 3.84. The van der Waals surface area contributed by atoms with Crippen molar-refractivity contribution >= 4 is 17.9 Å². The minimum atomic E-state index is -7.81. The second-order valence-corrected chi connectivity index (χ2v) is 12.4. The molecule has 0 aromatic heterocycles. The van der Waals surface area contributed by atoms with Gasteiger partial charge in [0.25, 0.3) is 0 Å². The quantitative estimate of drug-likeness (QED) is 0.120. The summed E-state index contributed by atoms with van der Waals surface area (Å²) in [5.74, 6) is -43.0. The first-order valence-electron chi connectivity index (χ1n) is 13.2. The summed E-state index contributed by atoms with van der Waals surface area (Å²) in [5.41, 5.74) is -4.78. The highest BCUT2D eigenvalue weighted by atomic mass is 19.4. The highest BCUT2D eigenvalue weighted by Crippen LogP contribution is 2.58. The predicted octanol–water partition coefficient (Wildman–Crippen LogP) is 6.85. The average molecular weight is 689 g/mol. The van der Waals surface area contributed by atoms with Crippen LogP contribution < -0.4 is 0 Å². The zero-order chi connectivity index (χ0) is 36.3. The van der Waals surface area contributed by atoms with Gasteiger partial charge in [0.1, 0.15) is 6.61 Å². The zero-order valence-electron chi connectivity index (χ0n) is 25.1. The Morgan fingerprint density at radius 1 is 0.711 bits per heavy atom. The summed E-state index contributed by atoms with van der Waals surface area (Å²) in [6, 6.07) is 0. The van der Waals surface area contributed by atoms with Crippen LogP contribution >= 0.6 is 0 Å². The Morgan fingerprint density at radius 3 is 1.53 bits per heavy atom. The van der Waals surface area contributed by atoms with E-state index in [1.165, 1.54) is 34.6 Å². The van der Waals surface area contributed by atoms with Crippen molar-refractivity contribution in [1.82, 2.24) is 0 Å². The molecule has 7 nitrogen and oxygen atoms in total. The van der Waals surface area contributed by atoms with Gasteiger partial charge in [0.2, 0.25) is 0 Å². The topological polar surface area (TPSA) is 110 Å². The number of halogens is 12. The molecule has 0 aromatic carbocycles. The van der Waals surface area contributed by atoms with E-state index in [0.29, 0.717) is 0 Å². The van der Waals surface area contributed by atoms with Gasteiger partial charge < -0.3 is 19.7 Å². The largest absolute Gasteiger partial charge is 0.481 e. The molecule has 0 saturated carbocycles. The van der Waals surface area contributed by atoms with Gasteiger partial charge in [0, 0.05) is 0 Å². The van der Waals surface area contributed by atoms with Crippen LogP contribution in [0.1, 0.15) is 67.2 Å². The number of alkyl halides is 12. The van der Waals surface area contributed by atoms with E-state index in [2.05, 4.69) is 4.74 Å². The SMILES string of the molecule is CCC(C)(CC(CC(C)(CC(C)(C)C)C(=O)OCC(F)(F)C(F)(F)C(F)(F)C(F)(F)C(F)(F)C(F)F)C(=O)O)C(=O)OCCO. The normalized spacial score (nSPS) is 17.3. The minimum absolute atomic E-state index is 0.0494.